The first-order valence-corrected chi connectivity index (χ1v) is 8.33. The topological polar surface area (TPSA) is 68.3 Å². The van der Waals surface area contributed by atoms with Crippen LogP contribution < -0.4 is 20.1 Å². The number of nitrogens with zero attached hydrogens (tertiary/aromatic N) is 2. The van der Waals surface area contributed by atoms with E-state index in [1.807, 2.05) is 6.07 Å². The van der Waals surface area contributed by atoms with Crippen LogP contribution in [0.4, 0.5) is 36.3 Å². The van der Waals surface area contributed by atoms with Crippen LogP contribution in [0.2, 0.25) is 0 Å². The lowest BCUT2D eigenvalue weighted by molar-refractivity contribution is -0.137. The molecule has 1 aliphatic heterocycles. The number of aromatic nitrogens is 2. The molecule has 28 heavy (non-hydrogen) atoms. The molecule has 0 bridgehead atoms. The van der Waals surface area contributed by atoms with Crippen LogP contribution >= 0.6 is 0 Å². The SMILES string of the molecule is Cc1cc(Nc2ccc3c(c2)OCO3)nc(Nc2cccc(C(F)(F)F)c2)n1. The van der Waals surface area contributed by atoms with Crippen molar-refractivity contribution in [3.05, 3.63) is 59.8 Å². The second kappa shape index (κ2) is 6.91. The van der Waals surface area contributed by atoms with E-state index < -0.39 is 11.7 Å². The van der Waals surface area contributed by atoms with Gasteiger partial charge in [-0.2, -0.15) is 18.2 Å². The molecule has 0 saturated heterocycles. The molecular weight excluding hydrogens is 373 g/mol. The van der Waals surface area contributed by atoms with Crippen LogP contribution in [-0.4, -0.2) is 16.8 Å². The number of hydrogen-bond donors (Lipinski definition) is 2. The van der Waals surface area contributed by atoms with Crippen LogP contribution in [0.25, 0.3) is 0 Å². The maximum absolute atomic E-state index is 12.9. The Bertz CT molecular complexity index is 1020. The first-order chi connectivity index (χ1) is 13.4. The van der Waals surface area contributed by atoms with E-state index in [0.29, 0.717) is 23.0 Å². The van der Waals surface area contributed by atoms with Gasteiger partial charge in [0, 0.05) is 29.2 Å². The summed E-state index contributed by atoms with van der Waals surface area (Å²) in [5.74, 6) is 1.96. The molecule has 0 spiro atoms. The summed E-state index contributed by atoms with van der Waals surface area (Å²) >= 11 is 0. The minimum Gasteiger partial charge on any atom is -0.454 e. The van der Waals surface area contributed by atoms with Crippen molar-refractivity contribution < 1.29 is 22.6 Å². The Morgan fingerprint density at radius 3 is 2.50 bits per heavy atom. The van der Waals surface area contributed by atoms with Gasteiger partial charge >= 0.3 is 6.18 Å². The Labute approximate surface area is 158 Å². The lowest BCUT2D eigenvalue weighted by atomic mass is 10.2. The molecule has 0 amide bonds. The zero-order chi connectivity index (χ0) is 19.7. The predicted octanol–water partition coefficient (Wildman–Crippen LogP) is 5.02. The molecule has 2 N–H and O–H groups in total. The highest BCUT2D eigenvalue weighted by atomic mass is 19.4. The average Bonchev–Trinajstić information content (AvgIpc) is 3.08. The molecule has 6 nitrogen and oxygen atoms in total. The van der Waals surface area contributed by atoms with Crippen molar-refractivity contribution in [1.82, 2.24) is 9.97 Å². The number of rotatable bonds is 4. The number of nitrogens with one attached hydrogen (secondary N) is 2. The molecular formula is C19H15F3N4O2. The van der Waals surface area contributed by atoms with E-state index in [4.69, 9.17) is 9.47 Å². The van der Waals surface area contributed by atoms with Gasteiger partial charge in [0.05, 0.1) is 5.56 Å². The summed E-state index contributed by atoms with van der Waals surface area (Å²) in [5, 5.41) is 5.95. The van der Waals surface area contributed by atoms with Crippen molar-refractivity contribution in [2.24, 2.45) is 0 Å². The molecule has 144 valence electrons. The van der Waals surface area contributed by atoms with Crippen LogP contribution in [0.1, 0.15) is 11.3 Å². The molecule has 3 aromatic rings. The highest BCUT2D eigenvalue weighted by molar-refractivity contribution is 5.64. The number of benzene rings is 2. The summed E-state index contributed by atoms with van der Waals surface area (Å²) in [4.78, 5) is 8.56. The normalized spacial score (nSPS) is 12.7. The summed E-state index contributed by atoms with van der Waals surface area (Å²) < 4.78 is 49.3. The Hall–Kier alpha value is -3.49. The van der Waals surface area contributed by atoms with Gasteiger partial charge < -0.3 is 20.1 Å². The number of aryl methyl sites for hydroxylation is 1. The fraction of sp³-hybridized carbons (Fsp3) is 0.158. The molecule has 1 aliphatic rings. The molecule has 0 saturated carbocycles. The monoisotopic (exact) mass is 388 g/mol. The van der Waals surface area contributed by atoms with E-state index in [-0.39, 0.29) is 18.4 Å². The first kappa shape index (κ1) is 17.9. The standard InChI is InChI=1S/C19H15F3N4O2/c1-11-7-17(24-14-5-6-15-16(9-14)28-10-27-15)26-18(23-11)25-13-4-2-3-12(8-13)19(20,21)22/h2-9H,10H2,1H3,(H2,23,24,25,26). The Morgan fingerprint density at radius 2 is 1.68 bits per heavy atom. The molecule has 0 fully saturated rings. The van der Waals surface area contributed by atoms with Crippen molar-refractivity contribution in [3.63, 3.8) is 0 Å². The minimum absolute atomic E-state index is 0.177. The van der Waals surface area contributed by atoms with E-state index in [0.717, 1.165) is 17.8 Å². The van der Waals surface area contributed by atoms with Gasteiger partial charge in [-0.3, -0.25) is 0 Å². The second-order valence-electron chi connectivity index (χ2n) is 6.11. The molecule has 2 aromatic carbocycles. The third-order valence-corrected chi connectivity index (χ3v) is 3.95. The van der Waals surface area contributed by atoms with Gasteiger partial charge in [0.1, 0.15) is 5.82 Å². The smallest absolute Gasteiger partial charge is 0.416 e. The van der Waals surface area contributed by atoms with E-state index in [9.17, 15) is 13.2 Å². The summed E-state index contributed by atoms with van der Waals surface area (Å²) in [7, 11) is 0. The Balaban J connectivity index is 1.56. The van der Waals surface area contributed by atoms with E-state index in [2.05, 4.69) is 20.6 Å². The van der Waals surface area contributed by atoms with E-state index >= 15 is 0 Å². The number of fused-ring (bicyclic) bond motifs is 1. The van der Waals surface area contributed by atoms with Gasteiger partial charge in [0.2, 0.25) is 12.7 Å². The zero-order valence-electron chi connectivity index (χ0n) is 14.7. The molecule has 0 atom stereocenters. The molecule has 9 heteroatoms. The summed E-state index contributed by atoms with van der Waals surface area (Å²) in [5.41, 5.74) is 0.874. The predicted molar refractivity (Wildman–Crippen MR) is 97.3 cm³/mol. The number of halogens is 3. The largest absolute Gasteiger partial charge is 0.454 e. The first-order valence-electron chi connectivity index (χ1n) is 8.33. The molecule has 2 heterocycles. The molecule has 0 radical (unpaired) electrons. The van der Waals surface area contributed by atoms with Gasteiger partial charge in [0.15, 0.2) is 11.5 Å². The fourth-order valence-electron chi connectivity index (χ4n) is 2.71. The van der Waals surface area contributed by atoms with Gasteiger partial charge in [-0.25, -0.2) is 4.98 Å². The van der Waals surface area contributed by atoms with Crippen LogP contribution in [0, 0.1) is 6.92 Å². The highest BCUT2D eigenvalue weighted by Gasteiger charge is 2.30. The second-order valence-corrected chi connectivity index (χ2v) is 6.11. The quantitative estimate of drug-likeness (QED) is 0.654. The summed E-state index contributed by atoms with van der Waals surface area (Å²) in [6.45, 7) is 1.94. The molecule has 1 aromatic heterocycles. The third-order valence-electron chi connectivity index (χ3n) is 3.95. The lowest BCUT2D eigenvalue weighted by Crippen LogP contribution is -2.06. The fourth-order valence-corrected chi connectivity index (χ4v) is 2.71. The lowest BCUT2D eigenvalue weighted by Gasteiger charge is -2.12. The highest BCUT2D eigenvalue weighted by Crippen LogP contribution is 2.35. The molecule has 0 aliphatic carbocycles. The van der Waals surface area contributed by atoms with Crippen molar-refractivity contribution >= 4 is 23.1 Å². The van der Waals surface area contributed by atoms with Crippen LogP contribution in [0.3, 0.4) is 0 Å². The van der Waals surface area contributed by atoms with Gasteiger partial charge in [-0.15, -0.1) is 0 Å². The van der Waals surface area contributed by atoms with E-state index in [1.165, 1.54) is 12.1 Å². The van der Waals surface area contributed by atoms with Crippen molar-refractivity contribution in [1.29, 1.82) is 0 Å². The Kier molecular flexibility index (Phi) is 4.42. The van der Waals surface area contributed by atoms with Crippen molar-refractivity contribution in [2.45, 2.75) is 13.1 Å². The van der Waals surface area contributed by atoms with E-state index in [1.54, 1.807) is 25.1 Å². The van der Waals surface area contributed by atoms with Gasteiger partial charge in [0.25, 0.3) is 0 Å². The van der Waals surface area contributed by atoms with Crippen LogP contribution in [0.15, 0.2) is 48.5 Å². The number of alkyl halides is 3. The number of ether oxygens (including phenoxy) is 2. The third kappa shape index (κ3) is 3.93. The zero-order valence-corrected chi connectivity index (χ0v) is 14.7. The minimum atomic E-state index is -4.42. The molecule has 4 rings (SSSR count). The van der Waals surface area contributed by atoms with Crippen LogP contribution in [-0.2, 0) is 6.18 Å². The maximum atomic E-state index is 12.9. The van der Waals surface area contributed by atoms with Crippen molar-refractivity contribution in [2.75, 3.05) is 17.4 Å². The number of hydrogen-bond acceptors (Lipinski definition) is 6. The van der Waals surface area contributed by atoms with Crippen molar-refractivity contribution in [3.8, 4) is 11.5 Å². The summed E-state index contributed by atoms with van der Waals surface area (Å²) in [6.07, 6.45) is -4.42. The Morgan fingerprint density at radius 1 is 0.893 bits per heavy atom. The maximum Gasteiger partial charge on any atom is 0.416 e. The summed E-state index contributed by atoms with van der Waals surface area (Å²) in [6, 6.07) is 12.0. The molecule has 0 unspecified atom stereocenters. The van der Waals surface area contributed by atoms with Gasteiger partial charge in [-0.1, -0.05) is 6.07 Å². The van der Waals surface area contributed by atoms with Crippen LogP contribution in [0.5, 0.6) is 11.5 Å². The van der Waals surface area contributed by atoms with Gasteiger partial charge in [-0.05, 0) is 37.3 Å². The average molecular weight is 388 g/mol. The number of anilines is 4.